The van der Waals surface area contributed by atoms with Crippen molar-refractivity contribution in [1.29, 1.82) is 0 Å². The van der Waals surface area contributed by atoms with Crippen molar-refractivity contribution in [2.24, 2.45) is 0 Å². The molecule has 3 nitrogen and oxygen atoms in total. The molecule has 0 aliphatic rings. The Morgan fingerprint density at radius 1 is 0.310 bits per heavy atom. The highest BCUT2D eigenvalue weighted by atomic mass is 32.2. The number of carbonyl (C=O) groups excluding carboxylic acids is 1. The van der Waals surface area contributed by atoms with Crippen molar-refractivity contribution in [3.63, 3.8) is 0 Å². The van der Waals surface area contributed by atoms with Crippen LogP contribution in [0.4, 0.5) is 0 Å². The van der Waals surface area contributed by atoms with Gasteiger partial charge in [-0.25, -0.2) is 8.42 Å². The third-order valence-electron chi connectivity index (χ3n) is 10.5. The number of ketones is 1. The van der Waals surface area contributed by atoms with Gasteiger partial charge in [-0.1, -0.05) is 279 Å². The van der Waals surface area contributed by atoms with Crippen molar-refractivity contribution >= 4 is 27.8 Å². The largest absolute Gasteiger partial charge is 0.289 e. The van der Waals surface area contributed by atoms with Gasteiger partial charge in [-0.15, -0.1) is 0 Å². The Hall–Kier alpha value is -8.88. The van der Waals surface area contributed by atoms with Crippen molar-refractivity contribution in [1.82, 2.24) is 0 Å². The summed E-state index contributed by atoms with van der Waals surface area (Å²) >= 11 is 0. The maximum atomic E-state index is 12.0. The van der Waals surface area contributed by atoms with Gasteiger partial charge >= 0.3 is 0 Å². The maximum Gasteiger partial charge on any atom is 0.206 e. The Labute approximate surface area is 421 Å². The van der Waals surface area contributed by atoms with Crippen molar-refractivity contribution in [2.75, 3.05) is 0 Å². The molecular formula is C67H56O3S. The van der Waals surface area contributed by atoms with Gasteiger partial charge in [0.1, 0.15) is 0 Å². The molecule has 0 atom stereocenters. The van der Waals surface area contributed by atoms with E-state index in [0.717, 1.165) is 35.1 Å². The molecule has 0 aliphatic carbocycles. The predicted molar refractivity (Wildman–Crippen MR) is 296 cm³/mol. The molecule has 0 aliphatic heterocycles. The molecule has 0 fully saturated rings. The molecule has 0 spiro atoms. The Kier molecular flexibility index (Phi) is 21.6. The molecule has 0 radical (unpaired) electrons. The standard InChI is InChI=1S/C14H14.C14H12.C14H10.C13H10O.C12H10O2S/c3*1-3-7-13(8-4-1)11-12-14-9-5-2-6-10-14;14-13(11-7-3-1-4-8-11)12-9-5-2-6-10-12;13-15(14,11-7-3-1-4-8-11)12-9-5-2-6-10-12/h1-10H,11-12H2;1-12H;2*1-10H;1-10H. The van der Waals surface area contributed by atoms with Crippen LogP contribution in [-0.4, -0.2) is 14.2 Å². The fourth-order valence-corrected chi connectivity index (χ4v) is 8.07. The zero-order valence-corrected chi connectivity index (χ0v) is 40.4. The van der Waals surface area contributed by atoms with Gasteiger partial charge in [-0.05, 0) is 83.6 Å². The highest BCUT2D eigenvalue weighted by Gasteiger charge is 2.15. The lowest BCUT2D eigenvalue weighted by Gasteiger charge is -2.03. The number of rotatable bonds is 9. The van der Waals surface area contributed by atoms with Crippen LogP contribution in [0.5, 0.6) is 0 Å². The maximum absolute atomic E-state index is 12.0. The van der Waals surface area contributed by atoms with Crippen LogP contribution in [0.3, 0.4) is 0 Å². The smallest absolute Gasteiger partial charge is 0.206 e. The second-order valence-corrected chi connectivity index (χ2v) is 17.7. The van der Waals surface area contributed by atoms with Crippen LogP contribution in [0.1, 0.15) is 49.3 Å². The summed E-state index contributed by atoms with van der Waals surface area (Å²) in [6, 6.07) is 97.4. The third kappa shape index (κ3) is 19.0. The second-order valence-electron chi connectivity index (χ2n) is 15.8. The van der Waals surface area contributed by atoms with Gasteiger partial charge in [0, 0.05) is 22.3 Å². The van der Waals surface area contributed by atoms with Crippen molar-refractivity contribution < 1.29 is 13.2 Å². The lowest BCUT2D eigenvalue weighted by Crippen LogP contribution is -2.00. The number of hydrogen-bond acceptors (Lipinski definition) is 3. The van der Waals surface area contributed by atoms with Crippen LogP contribution in [-0.2, 0) is 22.7 Å². The molecule has 0 saturated heterocycles. The Morgan fingerprint density at radius 3 is 0.845 bits per heavy atom. The van der Waals surface area contributed by atoms with E-state index in [-0.39, 0.29) is 5.78 Å². The number of sulfone groups is 1. The van der Waals surface area contributed by atoms with Crippen LogP contribution in [0.25, 0.3) is 12.2 Å². The SMILES string of the molecule is C(#Cc1ccccc1)c1ccccc1.C(=Cc1ccccc1)c1ccccc1.O=C(c1ccccc1)c1ccccc1.O=S(=O)(c1ccccc1)c1ccccc1.c1ccc(CCc2ccccc2)cc1. The van der Waals surface area contributed by atoms with Crippen LogP contribution >= 0.6 is 0 Å². The molecule has 0 saturated carbocycles. The molecule has 10 aromatic rings. The Morgan fingerprint density at radius 2 is 0.549 bits per heavy atom. The van der Waals surface area contributed by atoms with Crippen LogP contribution in [0.2, 0.25) is 0 Å². The normalized spacial score (nSPS) is 10.1. The molecule has 0 N–H and O–H groups in total. The highest BCUT2D eigenvalue weighted by molar-refractivity contribution is 7.91. The molecule has 4 heteroatoms. The quantitative estimate of drug-likeness (QED) is 0.0823. The Balaban J connectivity index is 0.000000145. The van der Waals surface area contributed by atoms with Crippen LogP contribution in [0.15, 0.2) is 313 Å². The summed E-state index contributed by atoms with van der Waals surface area (Å²) in [6.07, 6.45) is 6.50. The average molecular weight is 941 g/mol. The first-order valence-corrected chi connectivity index (χ1v) is 24.9. The van der Waals surface area contributed by atoms with Crippen molar-refractivity contribution in [3.05, 3.63) is 348 Å². The van der Waals surface area contributed by atoms with Gasteiger partial charge in [-0.2, -0.15) is 0 Å². The fourth-order valence-electron chi connectivity index (χ4n) is 6.77. The minimum absolute atomic E-state index is 0.0752. The first kappa shape index (κ1) is 51.5. The highest BCUT2D eigenvalue weighted by Crippen LogP contribution is 2.19. The van der Waals surface area contributed by atoms with E-state index in [1.165, 1.54) is 22.3 Å². The number of carbonyl (C=O) groups is 1. The Bertz CT molecular complexity index is 2990. The van der Waals surface area contributed by atoms with E-state index in [1.807, 2.05) is 158 Å². The van der Waals surface area contributed by atoms with Gasteiger partial charge in [0.25, 0.3) is 0 Å². The van der Waals surface area contributed by atoms with Crippen LogP contribution in [0, 0.1) is 11.8 Å². The molecule has 0 bridgehead atoms. The fraction of sp³-hybridized carbons (Fsp3) is 0.0299. The summed E-state index contributed by atoms with van der Waals surface area (Å²) in [5, 5.41) is 0. The van der Waals surface area contributed by atoms with E-state index in [4.69, 9.17) is 0 Å². The topological polar surface area (TPSA) is 51.2 Å². The monoisotopic (exact) mass is 940 g/mol. The van der Waals surface area contributed by atoms with Gasteiger partial charge in [-0.3, -0.25) is 4.79 Å². The minimum Gasteiger partial charge on any atom is -0.289 e. The van der Waals surface area contributed by atoms with Crippen molar-refractivity contribution in [3.8, 4) is 11.8 Å². The third-order valence-corrected chi connectivity index (χ3v) is 12.3. The van der Waals surface area contributed by atoms with E-state index in [9.17, 15) is 13.2 Å². The molecule has 0 heterocycles. The number of hydrogen-bond donors (Lipinski definition) is 0. The predicted octanol–water partition coefficient (Wildman–Crippen LogP) is 15.9. The van der Waals surface area contributed by atoms with E-state index < -0.39 is 9.84 Å². The van der Waals surface area contributed by atoms with E-state index >= 15 is 0 Å². The van der Waals surface area contributed by atoms with Gasteiger partial charge in [0.15, 0.2) is 5.78 Å². The van der Waals surface area contributed by atoms with E-state index in [2.05, 4.69) is 109 Å². The first-order chi connectivity index (χ1) is 34.9. The van der Waals surface area contributed by atoms with Crippen LogP contribution < -0.4 is 0 Å². The number of benzene rings is 10. The van der Waals surface area contributed by atoms with Gasteiger partial charge < -0.3 is 0 Å². The zero-order chi connectivity index (χ0) is 49.4. The summed E-state index contributed by atoms with van der Waals surface area (Å²) in [4.78, 5) is 12.5. The van der Waals surface area contributed by atoms with Crippen molar-refractivity contribution in [2.45, 2.75) is 22.6 Å². The number of aryl methyl sites for hydroxylation is 2. The summed E-state index contributed by atoms with van der Waals surface area (Å²) in [7, 11) is -3.34. The molecule has 71 heavy (non-hydrogen) atoms. The van der Waals surface area contributed by atoms with E-state index in [1.54, 1.807) is 60.7 Å². The lowest BCUT2D eigenvalue weighted by molar-refractivity contribution is 0.103. The molecule has 10 aromatic carbocycles. The molecule has 348 valence electrons. The minimum atomic E-state index is -3.34. The summed E-state index contributed by atoms with van der Waals surface area (Å²) in [5.41, 5.74) is 8.87. The molecular weight excluding hydrogens is 885 g/mol. The molecule has 0 aromatic heterocycles. The first-order valence-electron chi connectivity index (χ1n) is 23.4. The molecule has 0 amide bonds. The summed E-state index contributed by atoms with van der Waals surface area (Å²) in [5.74, 6) is 6.30. The lowest BCUT2D eigenvalue weighted by atomic mass is 10.0. The second kappa shape index (κ2) is 29.8. The summed E-state index contributed by atoms with van der Waals surface area (Å²) < 4.78 is 24.1. The molecule has 0 unspecified atom stereocenters. The van der Waals surface area contributed by atoms with Gasteiger partial charge in [0.05, 0.1) is 9.79 Å². The summed E-state index contributed by atoms with van der Waals surface area (Å²) in [6.45, 7) is 0. The average Bonchev–Trinajstić information content (AvgIpc) is 3.46. The van der Waals surface area contributed by atoms with Gasteiger partial charge in [0.2, 0.25) is 9.84 Å². The van der Waals surface area contributed by atoms with E-state index in [0.29, 0.717) is 9.79 Å². The molecule has 10 rings (SSSR count). The zero-order valence-electron chi connectivity index (χ0n) is 39.6.